The molecule has 4 aromatic rings. The van der Waals surface area contributed by atoms with Crippen molar-refractivity contribution >= 4 is 11.6 Å². The molecular formula is C32H27F. The van der Waals surface area contributed by atoms with E-state index in [9.17, 15) is 0 Å². The van der Waals surface area contributed by atoms with Crippen molar-refractivity contribution in [2.24, 2.45) is 5.92 Å². The highest BCUT2D eigenvalue weighted by Gasteiger charge is 2.26. The van der Waals surface area contributed by atoms with Gasteiger partial charge in [0.1, 0.15) is 5.82 Å². The van der Waals surface area contributed by atoms with Gasteiger partial charge in [0.15, 0.2) is 0 Å². The molecule has 6 rings (SSSR count). The van der Waals surface area contributed by atoms with Crippen LogP contribution in [0.15, 0.2) is 91.0 Å². The standard InChI is InChI=1S/C32H27F/c1-21-15-16-28-25(29(21)19-22-9-3-2-4-10-22)17-18-27-24-12-6-5-11-23(24)20-30(32(27)28)26-13-7-8-14-31(26)33/h2-14,17-18,20-21,30H,15-16,19H2,1H3. The van der Waals surface area contributed by atoms with Gasteiger partial charge in [-0.3, -0.25) is 0 Å². The van der Waals surface area contributed by atoms with Crippen LogP contribution in [0.1, 0.15) is 41.5 Å². The van der Waals surface area contributed by atoms with E-state index in [1.807, 2.05) is 12.1 Å². The Kier molecular flexibility index (Phi) is 4.99. The molecule has 0 saturated heterocycles. The molecule has 0 aromatic heterocycles. The molecule has 0 saturated carbocycles. The Morgan fingerprint density at radius 3 is 2.33 bits per heavy atom. The molecule has 0 amide bonds. The van der Waals surface area contributed by atoms with Gasteiger partial charge in [-0.1, -0.05) is 104 Å². The maximum Gasteiger partial charge on any atom is 0.127 e. The minimum absolute atomic E-state index is 0.0718. The zero-order chi connectivity index (χ0) is 22.4. The third kappa shape index (κ3) is 3.43. The molecular weight excluding hydrogens is 403 g/mol. The number of rotatable bonds is 3. The summed E-state index contributed by atoms with van der Waals surface area (Å²) >= 11 is 0. The number of hydrogen-bond acceptors (Lipinski definition) is 0. The van der Waals surface area contributed by atoms with Crippen molar-refractivity contribution < 1.29 is 4.39 Å². The quantitative estimate of drug-likeness (QED) is 0.373. The van der Waals surface area contributed by atoms with Crippen LogP contribution < -0.4 is 10.4 Å². The van der Waals surface area contributed by atoms with Crippen LogP contribution in [0.2, 0.25) is 0 Å². The maximum atomic E-state index is 15.1. The smallest absolute Gasteiger partial charge is 0.127 e. The molecule has 0 spiro atoms. The van der Waals surface area contributed by atoms with Gasteiger partial charge in [0, 0.05) is 5.92 Å². The summed E-state index contributed by atoms with van der Waals surface area (Å²) in [5, 5.41) is 5.08. The number of halogens is 1. The first-order chi connectivity index (χ1) is 16.2. The zero-order valence-electron chi connectivity index (χ0n) is 18.9. The number of fused-ring (bicyclic) bond motifs is 4. The molecule has 2 aliphatic carbocycles. The van der Waals surface area contributed by atoms with E-state index in [2.05, 4.69) is 79.7 Å². The fourth-order valence-corrected chi connectivity index (χ4v) is 5.83. The van der Waals surface area contributed by atoms with Crippen LogP contribution in [0.4, 0.5) is 4.39 Å². The van der Waals surface area contributed by atoms with E-state index in [1.54, 1.807) is 12.1 Å². The zero-order valence-corrected chi connectivity index (χ0v) is 18.9. The van der Waals surface area contributed by atoms with Crippen LogP contribution in [-0.2, 0) is 12.8 Å². The van der Waals surface area contributed by atoms with Crippen LogP contribution in [0, 0.1) is 22.2 Å². The first kappa shape index (κ1) is 20.2. The monoisotopic (exact) mass is 430 g/mol. The van der Waals surface area contributed by atoms with Gasteiger partial charge in [0.25, 0.3) is 0 Å². The SMILES string of the molecule is CC1CCc2c3c(ccc2=C1Cc1ccccc1)=c1ccccc1=CC3c1ccccc1F. The molecule has 0 radical (unpaired) electrons. The van der Waals surface area contributed by atoms with E-state index >= 15 is 4.39 Å². The normalized spacial score (nSPS) is 18.7. The largest absolute Gasteiger partial charge is 0.207 e. The van der Waals surface area contributed by atoms with Crippen molar-refractivity contribution in [2.75, 3.05) is 0 Å². The first-order valence-corrected chi connectivity index (χ1v) is 11.9. The summed E-state index contributed by atoms with van der Waals surface area (Å²) in [6, 6.07) is 31.2. The molecule has 1 heteroatoms. The molecule has 2 unspecified atom stereocenters. The molecule has 33 heavy (non-hydrogen) atoms. The van der Waals surface area contributed by atoms with Gasteiger partial charge in [-0.25, -0.2) is 4.39 Å². The second kappa shape index (κ2) is 8.15. The van der Waals surface area contributed by atoms with Gasteiger partial charge < -0.3 is 0 Å². The van der Waals surface area contributed by atoms with Crippen molar-refractivity contribution in [3.05, 3.63) is 140 Å². The minimum Gasteiger partial charge on any atom is -0.207 e. The summed E-state index contributed by atoms with van der Waals surface area (Å²) < 4.78 is 15.1. The lowest BCUT2D eigenvalue weighted by Crippen LogP contribution is -2.28. The molecule has 2 aliphatic rings. The van der Waals surface area contributed by atoms with Gasteiger partial charge in [0.05, 0.1) is 0 Å². The predicted molar refractivity (Wildman–Crippen MR) is 134 cm³/mol. The molecule has 0 heterocycles. The van der Waals surface area contributed by atoms with Gasteiger partial charge in [-0.05, 0) is 74.4 Å². The Morgan fingerprint density at radius 1 is 0.758 bits per heavy atom. The van der Waals surface area contributed by atoms with Crippen LogP contribution in [-0.4, -0.2) is 0 Å². The lowest BCUT2D eigenvalue weighted by Gasteiger charge is -2.29. The summed E-state index contributed by atoms with van der Waals surface area (Å²) in [6.07, 6.45) is 5.42. The third-order valence-corrected chi connectivity index (χ3v) is 7.51. The highest BCUT2D eigenvalue weighted by molar-refractivity contribution is 5.61. The van der Waals surface area contributed by atoms with Crippen LogP contribution in [0.5, 0.6) is 0 Å². The van der Waals surface area contributed by atoms with E-state index in [1.165, 1.54) is 43.1 Å². The van der Waals surface area contributed by atoms with E-state index in [4.69, 9.17) is 0 Å². The Bertz CT molecular complexity index is 1560. The van der Waals surface area contributed by atoms with Crippen molar-refractivity contribution in [2.45, 2.75) is 32.1 Å². The van der Waals surface area contributed by atoms with E-state index < -0.39 is 0 Å². The molecule has 162 valence electrons. The van der Waals surface area contributed by atoms with Gasteiger partial charge in [-0.2, -0.15) is 0 Å². The third-order valence-electron chi connectivity index (χ3n) is 7.51. The summed E-state index contributed by atoms with van der Waals surface area (Å²) in [6.45, 7) is 2.36. The van der Waals surface area contributed by atoms with E-state index in [-0.39, 0.29) is 11.7 Å². The molecule has 0 nitrogen and oxygen atoms in total. The molecule has 0 bridgehead atoms. The Balaban J connectivity index is 1.69. The maximum absolute atomic E-state index is 15.1. The Morgan fingerprint density at radius 2 is 1.48 bits per heavy atom. The number of hydrogen-bond donors (Lipinski definition) is 0. The van der Waals surface area contributed by atoms with Crippen molar-refractivity contribution in [3.63, 3.8) is 0 Å². The highest BCUT2D eigenvalue weighted by atomic mass is 19.1. The molecule has 2 atom stereocenters. The summed E-state index contributed by atoms with van der Waals surface area (Å²) in [4.78, 5) is 0. The molecule has 4 aromatic carbocycles. The molecule has 0 N–H and O–H groups in total. The average molecular weight is 431 g/mol. The van der Waals surface area contributed by atoms with Crippen molar-refractivity contribution in [1.29, 1.82) is 0 Å². The fraction of sp³-hybridized carbons (Fsp3) is 0.188. The highest BCUT2D eigenvalue weighted by Crippen LogP contribution is 2.35. The Hall–Kier alpha value is -3.45. The van der Waals surface area contributed by atoms with Crippen molar-refractivity contribution in [1.82, 2.24) is 0 Å². The van der Waals surface area contributed by atoms with Gasteiger partial charge in [-0.15, -0.1) is 0 Å². The van der Waals surface area contributed by atoms with E-state index in [0.717, 1.165) is 24.8 Å². The lowest BCUT2D eigenvalue weighted by molar-refractivity contribution is 0.605. The average Bonchev–Trinajstić information content (AvgIpc) is 2.86. The summed E-state index contributed by atoms with van der Waals surface area (Å²) in [7, 11) is 0. The molecule has 0 aliphatic heterocycles. The second-order valence-electron chi connectivity index (χ2n) is 9.43. The van der Waals surface area contributed by atoms with Crippen LogP contribution in [0.3, 0.4) is 0 Å². The van der Waals surface area contributed by atoms with Gasteiger partial charge in [0.2, 0.25) is 0 Å². The fourth-order valence-electron chi connectivity index (χ4n) is 5.83. The second-order valence-corrected chi connectivity index (χ2v) is 9.43. The van der Waals surface area contributed by atoms with E-state index in [0.29, 0.717) is 5.92 Å². The van der Waals surface area contributed by atoms with Gasteiger partial charge >= 0.3 is 0 Å². The summed E-state index contributed by atoms with van der Waals surface area (Å²) in [5.74, 6) is 0.347. The summed E-state index contributed by atoms with van der Waals surface area (Å²) in [5.41, 5.74) is 6.35. The van der Waals surface area contributed by atoms with Crippen LogP contribution >= 0.6 is 0 Å². The number of benzene rings is 4. The van der Waals surface area contributed by atoms with Crippen molar-refractivity contribution in [3.8, 4) is 0 Å². The predicted octanol–water partition coefficient (Wildman–Crippen LogP) is 6.01. The first-order valence-electron chi connectivity index (χ1n) is 11.9. The lowest BCUT2D eigenvalue weighted by atomic mass is 9.75. The minimum atomic E-state index is -0.126. The topological polar surface area (TPSA) is 0 Å². The van der Waals surface area contributed by atoms with Crippen LogP contribution in [0.25, 0.3) is 11.6 Å². The molecule has 0 fully saturated rings. The Labute approximate surface area is 194 Å².